The molecule has 1 aliphatic rings. The number of imide groups is 1. The van der Waals surface area contributed by atoms with E-state index in [1.54, 1.807) is 0 Å². The number of primary amides is 1. The number of carbonyl (C=O) groups is 6. The first kappa shape index (κ1) is 29.7. The highest BCUT2D eigenvalue weighted by molar-refractivity contribution is 6.13. The smallest absolute Gasteiger partial charge is 0.253 e. The first-order valence-corrected chi connectivity index (χ1v) is 11.1. The van der Waals surface area contributed by atoms with Crippen molar-refractivity contribution in [1.82, 2.24) is 20.9 Å². The Morgan fingerprint density at radius 2 is 1.37 bits per heavy atom. The molecule has 14 heteroatoms. The van der Waals surface area contributed by atoms with Gasteiger partial charge in [-0.1, -0.05) is 0 Å². The topological polar surface area (TPSA) is 195 Å². The highest BCUT2D eigenvalue weighted by Gasteiger charge is 2.23. The molecule has 1 aliphatic heterocycles. The van der Waals surface area contributed by atoms with E-state index in [1.165, 1.54) is 19.1 Å². The summed E-state index contributed by atoms with van der Waals surface area (Å²) < 4.78 is 15.9. The first-order valence-electron chi connectivity index (χ1n) is 11.1. The fourth-order valence-corrected chi connectivity index (χ4v) is 2.55. The summed E-state index contributed by atoms with van der Waals surface area (Å²) in [6, 6.07) is -0.815. The predicted molar refractivity (Wildman–Crippen MR) is 120 cm³/mol. The molecular formula is C21H33N5O9. The Morgan fingerprint density at radius 1 is 0.829 bits per heavy atom. The molecule has 1 atom stereocenters. The molecule has 0 saturated carbocycles. The van der Waals surface area contributed by atoms with Crippen molar-refractivity contribution in [2.24, 2.45) is 5.73 Å². The van der Waals surface area contributed by atoms with Crippen LogP contribution in [0.2, 0.25) is 0 Å². The van der Waals surface area contributed by atoms with Crippen LogP contribution >= 0.6 is 0 Å². The maximum atomic E-state index is 11.7. The Hall–Kier alpha value is -3.36. The van der Waals surface area contributed by atoms with Crippen LogP contribution in [0.4, 0.5) is 0 Å². The maximum absolute atomic E-state index is 11.7. The molecule has 0 radical (unpaired) electrons. The molecule has 0 aromatic rings. The molecule has 0 aromatic heterocycles. The van der Waals surface area contributed by atoms with Gasteiger partial charge in [0, 0.05) is 38.1 Å². The van der Waals surface area contributed by atoms with E-state index in [9.17, 15) is 28.8 Å². The van der Waals surface area contributed by atoms with Crippen molar-refractivity contribution in [2.45, 2.75) is 25.8 Å². The van der Waals surface area contributed by atoms with E-state index in [4.69, 9.17) is 19.9 Å². The Kier molecular flexibility index (Phi) is 14.5. The molecular weight excluding hydrogens is 466 g/mol. The van der Waals surface area contributed by atoms with Crippen LogP contribution in [0.15, 0.2) is 12.2 Å². The van der Waals surface area contributed by atoms with E-state index in [-0.39, 0.29) is 64.1 Å². The van der Waals surface area contributed by atoms with Crippen molar-refractivity contribution in [3.8, 4) is 0 Å². The fourth-order valence-electron chi connectivity index (χ4n) is 2.55. The van der Waals surface area contributed by atoms with E-state index >= 15 is 0 Å². The van der Waals surface area contributed by atoms with Gasteiger partial charge < -0.3 is 35.9 Å². The molecule has 1 rings (SSSR count). The van der Waals surface area contributed by atoms with Crippen LogP contribution in [-0.4, -0.2) is 106 Å². The van der Waals surface area contributed by atoms with Crippen LogP contribution in [-0.2, 0) is 43.0 Å². The van der Waals surface area contributed by atoms with E-state index < -0.39 is 29.7 Å². The summed E-state index contributed by atoms with van der Waals surface area (Å²) in [6.45, 7) is 3.15. The van der Waals surface area contributed by atoms with Gasteiger partial charge in [-0.3, -0.25) is 33.7 Å². The van der Waals surface area contributed by atoms with Gasteiger partial charge in [0.15, 0.2) is 0 Å². The number of nitrogens with one attached hydrogen (secondary N) is 3. The normalized spacial score (nSPS) is 13.6. The summed E-state index contributed by atoms with van der Waals surface area (Å²) in [6.07, 6.45) is 2.43. The van der Waals surface area contributed by atoms with E-state index in [1.807, 2.05) is 0 Å². The summed E-state index contributed by atoms with van der Waals surface area (Å²) in [4.78, 5) is 69.4. The van der Waals surface area contributed by atoms with Crippen LogP contribution in [0, 0.1) is 0 Å². The number of hydrogen-bond donors (Lipinski definition) is 4. The molecule has 6 amide bonds. The molecule has 0 spiro atoms. The lowest BCUT2D eigenvalue weighted by Gasteiger charge is -2.13. The van der Waals surface area contributed by atoms with E-state index in [2.05, 4.69) is 16.0 Å². The summed E-state index contributed by atoms with van der Waals surface area (Å²) >= 11 is 0. The van der Waals surface area contributed by atoms with Crippen molar-refractivity contribution < 1.29 is 43.0 Å². The number of rotatable bonds is 19. The SMILES string of the molecule is CC(NC(=O)CNC(=O)CCOCCOCCOCCNC(=O)CCN1C(=O)C=CC1=O)C(N)=O. The van der Waals surface area contributed by atoms with Gasteiger partial charge in [0.05, 0.1) is 46.2 Å². The minimum atomic E-state index is -0.815. The molecule has 0 saturated heterocycles. The molecule has 0 fully saturated rings. The van der Waals surface area contributed by atoms with Gasteiger partial charge in [-0.05, 0) is 6.92 Å². The summed E-state index contributed by atoms with van der Waals surface area (Å²) in [7, 11) is 0. The second-order valence-electron chi connectivity index (χ2n) is 7.32. The standard InChI is InChI=1S/C21H33N5O9/c1-15(21(22)32)25-18(29)14-24-17(28)5-8-33-10-12-35-13-11-34-9-6-23-16(27)4-7-26-19(30)2-3-20(26)31/h2-3,15H,4-14H2,1H3,(H2,22,32)(H,23,27)(H,24,28)(H,25,29). The molecule has 1 heterocycles. The van der Waals surface area contributed by atoms with Gasteiger partial charge in [-0.15, -0.1) is 0 Å². The summed E-state index contributed by atoms with van der Waals surface area (Å²) in [5, 5.41) is 7.37. The first-order chi connectivity index (χ1) is 16.7. The quantitative estimate of drug-likeness (QED) is 0.105. The van der Waals surface area contributed by atoms with Crippen molar-refractivity contribution in [1.29, 1.82) is 0 Å². The minimum absolute atomic E-state index is 0.0233. The third kappa shape index (κ3) is 13.8. The number of amides is 6. The second kappa shape index (κ2) is 17.1. The molecule has 5 N–H and O–H groups in total. The van der Waals surface area contributed by atoms with E-state index in [0.717, 1.165) is 4.90 Å². The number of hydrogen-bond acceptors (Lipinski definition) is 9. The zero-order valence-corrected chi connectivity index (χ0v) is 19.7. The predicted octanol–water partition coefficient (Wildman–Crippen LogP) is -3.04. The lowest BCUT2D eigenvalue weighted by Crippen LogP contribution is -2.46. The monoisotopic (exact) mass is 499 g/mol. The Labute approximate surface area is 202 Å². The molecule has 1 unspecified atom stereocenters. The number of carbonyl (C=O) groups excluding carboxylic acids is 6. The van der Waals surface area contributed by atoms with Crippen LogP contribution in [0.1, 0.15) is 19.8 Å². The van der Waals surface area contributed by atoms with Gasteiger partial charge in [0.2, 0.25) is 23.6 Å². The Bertz CT molecular complexity index is 769. The molecule has 0 aromatic carbocycles. The van der Waals surface area contributed by atoms with Crippen molar-refractivity contribution in [2.75, 3.05) is 59.3 Å². The van der Waals surface area contributed by atoms with Gasteiger partial charge in [-0.25, -0.2) is 0 Å². The third-order valence-electron chi connectivity index (χ3n) is 4.50. The van der Waals surface area contributed by atoms with Crippen molar-refractivity contribution in [3.63, 3.8) is 0 Å². The number of ether oxygens (including phenoxy) is 3. The highest BCUT2D eigenvalue weighted by atomic mass is 16.5. The molecule has 0 bridgehead atoms. The average Bonchev–Trinajstić information content (AvgIpc) is 3.13. The zero-order chi connectivity index (χ0) is 26.1. The third-order valence-corrected chi connectivity index (χ3v) is 4.50. The maximum Gasteiger partial charge on any atom is 0.253 e. The van der Waals surface area contributed by atoms with Gasteiger partial charge in [0.1, 0.15) is 6.04 Å². The van der Waals surface area contributed by atoms with Crippen LogP contribution in [0.3, 0.4) is 0 Å². The lowest BCUT2D eigenvalue weighted by molar-refractivity contribution is -0.137. The number of nitrogens with two attached hydrogens (primary N) is 1. The van der Waals surface area contributed by atoms with Crippen molar-refractivity contribution >= 4 is 35.4 Å². The van der Waals surface area contributed by atoms with Gasteiger partial charge in [0.25, 0.3) is 11.8 Å². The summed E-state index contributed by atoms with van der Waals surface area (Å²) in [5.74, 6) is -2.69. The lowest BCUT2D eigenvalue weighted by atomic mass is 10.3. The summed E-state index contributed by atoms with van der Waals surface area (Å²) in [5.41, 5.74) is 5.03. The largest absolute Gasteiger partial charge is 0.379 e. The zero-order valence-electron chi connectivity index (χ0n) is 19.7. The number of nitrogens with zero attached hydrogens (tertiary/aromatic N) is 1. The van der Waals surface area contributed by atoms with Gasteiger partial charge >= 0.3 is 0 Å². The average molecular weight is 500 g/mol. The molecule has 196 valence electrons. The van der Waals surface area contributed by atoms with Crippen LogP contribution in [0.25, 0.3) is 0 Å². The van der Waals surface area contributed by atoms with Gasteiger partial charge in [-0.2, -0.15) is 0 Å². The minimum Gasteiger partial charge on any atom is -0.379 e. The van der Waals surface area contributed by atoms with Crippen LogP contribution in [0.5, 0.6) is 0 Å². The Morgan fingerprint density at radius 3 is 1.97 bits per heavy atom. The molecule has 0 aliphatic carbocycles. The fraction of sp³-hybridized carbons (Fsp3) is 0.619. The highest BCUT2D eigenvalue weighted by Crippen LogP contribution is 2.03. The Balaban J connectivity index is 1.86. The van der Waals surface area contributed by atoms with Crippen LogP contribution < -0.4 is 21.7 Å². The molecule has 14 nitrogen and oxygen atoms in total. The second-order valence-corrected chi connectivity index (χ2v) is 7.32. The van der Waals surface area contributed by atoms with E-state index in [0.29, 0.717) is 19.8 Å². The molecule has 35 heavy (non-hydrogen) atoms. The van der Waals surface area contributed by atoms with Crippen molar-refractivity contribution in [3.05, 3.63) is 12.2 Å².